The molecule has 1 atom stereocenters. The first kappa shape index (κ1) is 22.5. The number of para-hydroxylation sites is 1. The first-order valence-corrected chi connectivity index (χ1v) is 12.0. The predicted molar refractivity (Wildman–Crippen MR) is 125 cm³/mol. The van der Waals surface area contributed by atoms with Gasteiger partial charge < -0.3 is 19.4 Å². The van der Waals surface area contributed by atoms with Crippen LogP contribution < -0.4 is 4.74 Å². The van der Waals surface area contributed by atoms with Crippen LogP contribution in [-0.4, -0.2) is 77.9 Å². The quantitative estimate of drug-likeness (QED) is 0.695. The van der Waals surface area contributed by atoms with E-state index >= 15 is 0 Å². The molecule has 0 saturated carbocycles. The van der Waals surface area contributed by atoms with E-state index in [1.54, 1.807) is 18.3 Å². The van der Waals surface area contributed by atoms with Gasteiger partial charge in [0.25, 0.3) is 5.91 Å². The van der Waals surface area contributed by atoms with Crippen LogP contribution in [-0.2, 0) is 9.59 Å². The van der Waals surface area contributed by atoms with Crippen LogP contribution in [0.4, 0.5) is 0 Å². The van der Waals surface area contributed by atoms with Gasteiger partial charge in [0, 0.05) is 45.0 Å². The normalized spacial score (nSPS) is 19.9. The van der Waals surface area contributed by atoms with Crippen LogP contribution in [0.15, 0.2) is 41.8 Å². The average Bonchev–Trinajstić information content (AvgIpc) is 3.17. The van der Waals surface area contributed by atoms with Crippen LogP contribution in [0.2, 0.25) is 0 Å². The van der Waals surface area contributed by atoms with Crippen molar-refractivity contribution in [2.75, 3.05) is 46.4 Å². The highest BCUT2D eigenvalue weighted by atomic mass is 32.1. The van der Waals surface area contributed by atoms with E-state index in [0.717, 1.165) is 30.2 Å². The van der Waals surface area contributed by atoms with Gasteiger partial charge in [-0.25, -0.2) is 4.98 Å². The second-order valence-electron chi connectivity index (χ2n) is 8.31. The van der Waals surface area contributed by atoms with Gasteiger partial charge >= 0.3 is 0 Å². The minimum Gasteiger partial charge on any atom is -0.484 e. The summed E-state index contributed by atoms with van der Waals surface area (Å²) in [7, 11) is 2.12. The number of thiazole rings is 1. The summed E-state index contributed by atoms with van der Waals surface area (Å²) in [6, 6.07) is 9.20. The van der Waals surface area contributed by atoms with Gasteiger partial charge in [-0.15, -0.1) is 11.3 Å². The molecule has 0 N–H and O–H groups in total. The van der Waals surface area contributed by atoms with Crippen molar-refractivity contribution < 1.29 is 14.3 Å². The Balaban J connectivity index is 1.52. The Morgan fingerprint density at radius 1 is 1.16 bits per heavy atom. The zero-order valence-corrected chi connectivity index (χ0v) is 19.5. The Bertz CT molecular complexity index is 975. The number of rotatable bonds is 5. The molecule has 0 bridgehead atoms. The largest absolute Gasteiger partial charge is 0.484 e. The number of hydrogen-bond donors (Lipinski definition) is 0. The second-order valence-corrected chi connectivity index (χ2v) is 9.20. The maximum absolute atomic E-state index is 13.2. The van der Waals surface area contributed by atoms with E-state index in [9.17, 15) is 9.59 Å². The SMILES string of the molecule is CC(=O)N1CCC(c2nc(C3=CCN(C)CC3)cs2)N(C(=O)COc2ccccc2)CC1. The number of aromatic nitrogens is 1. The van der Waals surface area contributed by atoms with E-state index in [0.29, 0.717) is 31.8 Å². The van der Waals surface area contributed by atoms with Crippen LogP contribution in [0, 0.1) is 0 Å². The Hall–Kier alpha value is -2.71. The fourth-order valence-corrected chi connectivity index (χ4v) is 5.13. The third kappa shape index (κ3) is 5.37. The summed E-state index contributed by atoms with van der Waals surface area (Å²) in [4.78, 5) is 36.1. The number of carbonyl (C=O) groups excluding carboxylic acids is 2. The standard InChI is InChI=1S/C24H30N4O3S/c1-18(29)27-13-10-22(24-25-21(17-32-24)19-8-11-26(2)12-9-19)28(15-14-27)23(30)16-31-20-6-4-3-5-7-20/h3-8,17,22H,9-16H2,1-2H3. The number of likely N-dealkylation sites (N-methyl/N-ethyl adjacent to an activating group) is 1. The molecule has 2 aromatic rings. The van der Waals surface area contributed by atoms with Crippen LogP contribution >= 0.6 is 11.3 Å². The first-order chi connectivity index (χ1) is 15.5. The van der Waals surface area contributed by atoms with Gasteiger partial charge in [-0.2, -0.15) is 0 Å². The number of benzene rings is 1. The summed E-state index contributed by atoms with van der Waals surface area (Å²) in [5.41, 5.74) is 2.29. The lowest BCUT2D eigenvalue weighted by atomic mass is 10.1. The molecule has 170 valence electrons. The molecule has 1 aromatic heterocycles. The molecule has 1 saturated heterocycles. The van der Waals surface area contributed by atoms with Crippen LogP contribution in [0.1, 0.15) is 36.5 Å². The van der Waals surface area contributed by atoms with Crippen LogP contribution in [0.5, 0.6) is 5.75 Å². The highest BCUT2D eigenvalue weighted by Crippen LogP contribution is 2.32. The monoisotopic (exact) mass is 454 g/mol. The number of amides is 2. The van der Waals surface area contributed by atoms with Crippen LogP contribution in [0.25, 0.3) is 5.57 Å². The molecule has 2 aliphatic rings. The Labute approximate surface area is 193 Å². The van der Waals surface area contributed by atoms with Gasteiger partial charge in [0.2, 0.25) is 5.91 Å². The van der Waals surface area contributed by atoms with Crippen molar-refractivity contribution in [1.29, 1.82) is 0 Å². The van der Waals surface area contributed by atoms with Gasteiger partial charge in [0.1, 0.15) is 10.8 Å². The minimum absolute atomic E-state index is 0.0314. The van der Waals surface area contributed by atoms with Crippen molar-refractivity contribution in [3.63, 3.8) is 0 Å². The number of nitrogens with zero attached hydrogens (tertiary/aromatic N) is 4. The minimum atomic E-state index is -0.156. The van der Waals surface area contributed by atoms with Crippen molar-refractivity contribution in [3.8, 4) is 5.75 Å². The summed E-state index contributed by atoms with van der Waals surface area (Å²) in [6.07, 6.45) is 3.89. The summed E-state index contributed by atoms with van der Waals surface area (Å²) >= 11 is 1.60. The molecule has 1 unspecified atom stereocenters. The Morgan fingerprint density at radius 3 is 2.69 bits per heavy atom. The lowest BCUT2D eigenvalue weighted by Gasteiger charge is -2.28. The zero-order valence-electron chi connectivity index (χ0n) is 18.7. The van der Waals surface area contributed by atoms with Gasteiger partial charge in [-0.3, -0.25) is 9.59 Å². The smallest absolute Gasteiger partial charge is 0.261 e. The molecule has 1 fully saturated rings. The molecular formula is C24H30N4O3S. The van der Waals surface area contributed by atoms with Gasteiger partial charge in [0.05, 0.1) is 11.7 Å². The maximum Gasteiger partial charge on any atom is 0.261 e. The molecule has 7 nitrogen and oxygen atoms in total. The molecule has 1 aromatic carbocycles. The maximum atomic E-state index is 13.2. The third-order valence-corrected chi connectivity index (χ3v) is 7.02. The van der Waals surface area contributed by atoms with E-state index in [2.05, 4.69) is 23.4 Å². The Morgan fingerprint density at radius 2 is 1.97 bits per heavy atom. The fourth-order valence-electron chi connectivity index (χ4n) is 4.14. The summed E-state index contributed by atoms with van der Waals surface area (Å²) < 4.78 is 5.73. The summed E-state index contributed by atoms with van der Waals surface area (Å²) in [6.45, 7) is 5.13. The number of ether oxygens (including phenoxy) is 1. The van der Waals surface area contributed by atoms with E-state index in [1.165, 1.54) is 5.57 Å². The average molecular weight is 455 g/mol. The molecule has 2 amide bonds. The molecular weight excluding hydrogens is 424 g/mol. The highest BCUT2D eigenvalue weighted by molar-refractivity contribution is 7.09. The summed E-state index contributed by atoms with van der Waals surface area (Å²) in [5.74, 6) is 0.623. The Kier molecular flexibility index (Phi) is 7.22. The zero-order chi connectivity index (χ0) is 22.5. The van der Waals surface area contributed by atoms with Gasteiger partial charge in [-0.1, -0.05) is 24.3 Å². The van der Waals surface area contributed by atoms with Crippen molar-refractivity contribution in [2.45, 2.75) is 25.8 Å². The van der Waals surface area contributed by atoms with E-state index < -0.39 is 0 Å². The first-order valence-electron chi connectivity index (χ1n) is 11.1. The van der Waals surface area contributed by atoms with Crippen molar-refractivity contribution in [2.24, 2.45) is 0 Å². The molecule has 3 heterocycles. The molecule has 8 heteroatoms. The fraction of sp³-hybridized carbons (Fsp3) is 0.458. The molecule has 0 radical (unpaired) electrons. The molecule has 2 aliphatic heterocycles. The van der Waals surface area contributed by atoms with Crippen LogP contribution in [0.3, 0.4) is 0 Å². The topological polar surface area (TPSA) is 66.0 Å². The lowest BCUT2D eigenvalue weighted by molar-refractivity contribution is -0.136. The summed E-state index contributed by atoms with van der Waals surface area (Å²) in [5, 5.41) is 3.03. The van der Waals surface area contributed by atoms with E-state index in [-0.39, 0.29) is 24.5 Å². The predicted octanol–water partition coefficient (Wildman–Crippen LogP) is 3.06. The van der Waals surface area contributed by atoms with Gasteiger partial charge in [0.15, 0.2) is 6.61 Å². The molecule has 4 rings (SSSR count). The van der Waals surface area contributed by atoms with Crippen molar-refractivity contribution in [1.82, 2.24) is 19.7 Å². The lowest BCUT2D eigenvalue weighted by Crippen LogP contribution is -2.40. The number of carbonyl (C=O) groups is 2. The van der Waals surface area contributed by atoms with E-state index in [4.69, 9.17) is 9.72 Å². The van der Waals surface area contributed by atoms with Crippen molar-refractivity contribution in [3.05, 3.63) is 52.5 Å². The molecule has 32 heavy (non-hydrogen) atoms. The molecule has 0 aliphatic carbocycles. The molecule has 0 spiro atoms. The van der Waals surface area contributed by atoms with Gasteiger partial charge in [-0.05, 0) is 37.6 Å². The number of hydrogen-bond acceptors (Lipinski definition) is 6. The third-order valence-electron chi connectivity index (χ3n) is 6.08. The van der Waals surface area contributed by atoms with E-state index in [1.807, 2.05) is 40.1 Å². The highest BCUT2D eigenvalue weighted by Gasteiger charge is 2.32. The second kappa shape index (κ2) is 10.3. The van der Waals surface area contributed by atoms with Crippen molar-refractivity contribution >= 4 is 28.7 Å².